The Morgan fingerprint density at radius 3 is 2.57 bits per heavy atom. The second-order valence-electron chi connectivity index (χ2n) is 7.15. The van der Waals surface area contributed by atoms with Gasteiger partial charge in [0.25, 0.3) is 5.56 Å². The standard InChI is InChI=1S/C20H29N5O2S/c1-4-5-11-22-20(28)24(12-14(2)3)16-17(21)25(19(27)23-18(16)26)13-15-9-7-6-8-10-15/h6-10,14H,4-5,11-13,21H2,1-3H3,(H,22,28)(H,23,26,27). The first kappa shape index (κ1) is 21.7. The van der Waals surface area contributed by atoms with Crippen molar-refractivity contribution in [2.24, 2.45) is 5.92 Å². The number of nitrogens with two attached hydrogens (primary N) is 1. The minimum absolute atomic E-state index is 0.109. The molecule has 0 aliphatic carbocycles. The van der Waals surface area contributed by atoms with Crippen molar-refractivity contribution in [3.8, 4) is 0 Å². The molecule has 7 nitrogen and oxygen atoms in total. The van der Waals surface area contributed by atoms with E-state index in [0.717, 1.165) is 18.4 Å². The molecule has 8 heteroatoms. The number of nitrogens with one attached hydrogen (secondary N) is 2. The molecule has 0 atom stereocenters. The van der Waals surface area contributed by atoms with Gasteiger partial charge in [0, 0.05) is 13.1 Å². The van der Waals surface area contributed by atoms with Crippen LogP contribution in [0.2, 0.25) is 0 Å². The number of anilines is 2. The predicted molar refractivity (Wildman–Crippen MR) is 119 cm³/mol. The second-order valence-corrected chi connectivity index (χ2v) is 7.54. The van der Waals surface area contributed by atoms with Crippen LogP contribution in [0.25, 0.3) is 0 Å². The molecule has 0 amide bonds. The Morgan fingerprint density at radius 2 is 1.96 bits per heavy atom. The van der Waals surface area contributed by atoms with E-state index >= 15 is 0 Å². The van der Waals surface area contributed by atoms with Crippen LogP contribution >= 0.6 is 12.2 Å². The zero-order chi connectivity index (χ0) is 20.7. The number of H-pyrrole nitrogens is 1. The molecule has 0 saturated heterocycles. The summed E-state index contributed by atoms with van der Waals surface area (Å²) in [6, 6.07) is 9.49. The molecule has 1 heterocycles. The first-order valence-electron chi connectivity index (χ1n) is 9.57. The number of thiocarbonyl (C=S) groups is 1. The molecule has 0 spiro atoms. The van der Waals surface area contributed by atoms with Gasteiger partial charge in [-0.3, -0.25) is 14.3 Å². The van der Waals surface area contributed by atoms with Crippen LogP contribution < -0.4 is 27.2 Å². The van der Waals surface area contributed by atoms with Gasteiger partial charge in [0.1, 0.15) is 5.82 Å². The van der Waals surface area contributed by atoms with Gasteiger partial charge in [-0.05, 0) is 30.1 Å². The highest BCUT2D eigenvalue weighted by molar-refractivity contribution is 7.80. The molecule has 0 aliphatic heterocycles. The van der Waals surface area contributed by atoms with Gasteiger partial charge in [-0.15, -0.1) is 0 Å². The van der Waals surface area contributed by atoms with E-state index in [1.165, 1.54) is 4.57 Å². The van der Waals surface area contributed by atoms with Crippen molar-refractivity contribution < 1.29 is 0 Å². The summed E-state index contributed by atoms with van der Waals surface area (Å²) in [4.78, 5) is 29.1. The fourth-order valence-corrected chi connectivity index (χ4v) is 3.14. The Hall–Kier alpha value is -2.61. The lowest BCUT2D eigenvalue weighted by Crippen LogP contribution is -2.47. The Morgan fingerprint density at radius 1 is 1.29 bits per heavy atom. The third kappa shape index (κ3) is 5.45. The van der Waals surface area contributed by atoms with Crippen LogP contribution in [0.15, 0.2) is 39.9 Å². The van der Waals surface area contributed by atoms with E-state index in [0.29, 0.717) is 18.2 Å². The Kier molecular flexibility index (Phi) is 7.80. The number of benzene rings is 1. The SMILES string of the molecule is CCCCNC(=S)N(CC(C)C)c1c(N)n(Cc2ccccc2)c(=O)[nH]c1=O. The van der Waals surface area contributed by atoms with Crippen LogP contribution in [0.3, 0.4) is 0 Å². The first-order chi connectivity index (χ1) is 13.3. The highest BCUT2D eigenvalue weighted by Gasteiger charge is 2.22. The Bertz CT molecular complexity index is 905. The van der Waals surface area contributed by atoms with E-state index in [9.17, 15) is 9.59 Å². The van der Waals surface area contributed by atoms with E-state index in [1.54, 1.807) is 4.90 Å². The minimum Gasteiger partial charge on any atom is -0.383 e. The summed E-state index contributed by atoms with van der Waals surface area (Å²) in [5.41, 5.74) is 6.36. The molecule has 28 heavy (non-hydrogen) atoms. The van der Waals surface area contributed by atoms with Crippen molar-refractivity contribution in [2.75, 3.05) is 23.7 Å². The summed E-state index contributed by atoms with van der Waals surface area (Å²) in [6.07, 6.45) is 2.00. The summed E-state index contributed by atoms with van der Waals surface area (Å²) >= 11 is 5.53. The summed E-state index contributed by atoms with van der Waals surface area (Å²) < 4.78 is 1.37. The minimum atomic E-state index is -0.538. The van der Waals surface area contributed by atoms with Crippen LogP contribution in [0.1, 0.15) is 39.2 Å². The van der Waals surface area contributed by atoms with E-state index in [2.05, 4.69) is 17.2 Å². The number of rotatable bonds is 8. The zero-order valence-electron chi connectivity index (χ0n) is 16.7. The number of nitrogens with zero attached hydrogens (tertiary/aromatic N) is 2. The molecule has 1 aromatic heterocycles. The summed E-state index contributed by atoms with van der Waals surface area (Å²) in [5, 5.41) is 3.62. The third-order valence-corrected chi connectivity index (χ3v) is 4.63. The topological polar surface area (TPSA) is 96.2 Å². The molecule has 4 N–H and O–H groups in total. The van der Waals surface area contributed by atoms with E-state index in [4.69, 9.17) is 18.0 Å². The average Bonchev–Trinajstić information content (AvgIpc) is 2.65. The highest BCUT2D eigenvalue weighted by atomic mass is 32.1. The molecule has 0 saturated carbocycles. The van der Waals surface area contributed by atoms with Gasteiger partial charge in [0.2, 0.25) is 0 Å². The first-order valence-corrected chi connectivity index (χ1v) is 9.97. The summed E-state index contributed by atoms with van der Waals surface area (Å²) in [7, 11) is 0. The molecule has 0 bridgehead atoms. The molecule has 152 valence electrons. The number of hydrogen-bond donors (Lipinski definition) is 3. The molecule has 0 unspecified atom stereocenters. The summed E-state index contributed by atoms with van der Waals surface area (Å²) in [6.45, 7) is 7.65. The molecule has 0 aliphatic rings. The van der Waals surface area contributed by atoms with Crippen LogP contribution in [0, 0.1) is 5.92 Å². The maximum absolute atomic E-state index is 12.6. The lowest BCUT2D eigenvalue weighted by molar-refractivity contribution is 0.645. The Labute approximate surface area is 170 Å². The van der Waals surface area contributed by atoms with Crippen molar-refractivity contribution in [1.82, 2.24) is 14.9 Å². The fourth-order valence-electron chi connectivity index (χ4n) is 2.87. The molecule has 1 aromatic carbocycles. The quantitative estimate of drug-likeness (QED) is 0.462. The van der Waals surface area contributed by atoms with Crippen LogP contribution in [0.5, 0.6) is 0 Å². The van der Waals surface area contributed by atoms with Crippen molar-refractivity contribution >= 4 is 28.8 Å². The van der Waals surface area contributed by atoms with E-state index in [1.807, 2.05) is 44.2 Å². The number of aromatic amines is 1. The maximum Gasteiger partial charge on any atom is 0.330 e. The normalized spacial score (nSPS) is 10.9. The van der Waals surface area contributed by atoms with Crippen LogP contribution in [-0.2, 0) is 6.54 Å². The van der Waals surface area contributed by atoms with Crippen molar-refractivity contribution in [3.63, 3.8) is 0 Å². The molecular formula is C20H29N5O2S. The van der Waals surface area contributed by atoms with Gasteiger partial charge in [0.05, 0.1) is 6.54 Å². The van der Waals surface area contributed by atoms with Gasteiger partial charge < -0.3 is 16.0 Å². The third-order valence-electron chi connectivity index (χ3n) is 4.27. The Balaban J connectivity index is 2.47. The van der Waals surface area contributed by atoms with Crippen LogP contribution in [-0.4, -0.2) is 27.8 Å². The van der Waals surface area contributed by atoms with E-state index in [-0.39, 0.29) is 24.0 Å². The van der Waals surface area contributed by atoms with E-state index < -0.39 is 11.2 Å². The molecule has 0 radical (unpaired) electrons. The fraction of sp³-hybridized carbons (Fsp3) is 0.450. The highest BCUT2D eigenvalue weighted by Crippen LogP contribution is 2.19. The largest absolute Gasteiger partial charge is 0.383 e. The number of hydrogen-bond acceptors (Lipinski definition) is 4. The summed E-state index contributed by atoms with van der Waals surface area (Å²) in [5.74, 6) is 0.345. The monoisotopic (exact) mass is 403 g/mol. The average molecular weight is 404 g/mol. The van der Waals surface area contributed by atoms with Gasteiger partial charge in [-0.1, -0.05) is 57.5 Å². The lowest BCUT2D eigenvalue weighted by Gasteiger charge is -2.28. The number of nitrogen functional groups attached to an aromatic ring is 1. The van der Waals surface area contributed by atoms with Gasteiger partial charge in [0.15, 0.2) is 10.8 Å². The molecular weight excluding hydrogens is 374 g/mol. The van der Waals surface area contributed by atoms with Crippen LogP contribution in [0.4, 0.5) is 11.5 Å². The number of unbranched alkanes of at least 4 members (excludes halogenated alkanes) is 1. The van der Waals surface area contributed by atoms with Crippen molar-refractivity contribution in [2.45, 2.75) is 40.2 Å². The molecule has 2 rings (SSSR count). The van der Waals surface area contributed by atoms with Crippen molar-refractivity contribution in [3.05, 3.63) is 56.7 Å². The smallest absolute Gasteiger partial charge is 0.330 e. The predicted octanol–water partition coefficient (Wildman–Crippen LogP) is 2.30. The van der Waals surface area contributed by atoms with Gasteiger partial charge in [-0.25, -0.2) is 4.79 Å². The van der Waals surface area contributed by atoms with Gasteiger partial charge >= 0.3 is 5.69 Å². The number of aromatic nitrogens is 2. The molecule has 0 fully saturated rings. The van der Waals surface area contributed by atoms with Crippen molar-refractivity contribution in [1.29, 1.82) is 0 Å². The lowest BCUT2D eigenvalue weighted by atomic mass is 10.2. The molecule has 2 aromatic rings. The maximum atomic E-state index is 12.6. The second kappa shape index (κ2) is 10.1. The van der Waals surface area contributed by atoms with Gasteiger partial charge in [-0.2, -0.15) is 0 Å². The zero-order valence-corrected chi connectivity index (χ0v) is 17.5.